The summed E-state index contributed by atoms with van der Waals surface area (Å²) < 4.78 is 0. The Bertz CT molecular complexity index is 1600. The number of carboxylic acids is 1. The number of urea groups is 1. The lowest BCUT2D eigenvalue weighted by Crippen LogP contribution is -2.53. The van der Waals surface area contributed by atoms with Crippen molar-refractivity contribution >= 4 is 58.4 Å². The minimum Gasteiger partial charge on any atom is -0.478 e. The molecule has 2 saturated heterocycles. The first kappa shape index (κ1) is 28.1. The van der Waals surface area contributed by atoms with Crippen LogP contribution in [0.25, 0.3) is 0 Å². The van der Waals surface area contributed by atoms with E-state index in [1.54, 1.807) is 41.3 Å². The van der Waals surface area contributed by atoms with Gasteiger partial charge in [-0.1, -0.05) is 47.5 Å². The van der Waals surface area contributed by atoms with Crippen LogP contribution in [0.2, 0.25) is 10.0 Å². The van der Waals surface area contributed by atoms with Gasteiger partial charge in [-0.05, 0) is 48.0 Å². The Morgan fingerprint density at radius 3 is 2.37 bits per heavy atom. The molecule has 0 aromatic heterocycles. The van der Waals surface area contributed by atoms with Crippen molar-refractivity contribution in [3.8, 4) is 6.07 Å². The molecular weight excluding hydrogens is 569 g/mol. The Kier molecular flexibility index (Phi) is 7.44. The number of carbonyl (C=O) groups is 4. The van der Waals surface area contributed by atoms with E-state index in [0.29, 0.717) is 11.1 Å². The molecule has 1 spiro atoms. The Labute approximate surface area is 245 Å². The molecule has 3 aromatic rings. The molecule has 2 atom stereocenters. The summed E-state index contributed by atoms with van der Waals surface area (Å²) in [4.78, 5) is 56.7. The molecule has 5 rings (SSSR count). The van der Waals surface area contributed by atoms with Gasteiger partial charge in [-0.3, -0.25) is 14.5 Å². The fourth-order valence-electron chi connectivity index (χ4n) is 5.59. The van der Waals surface area contributed by atoms with Crippen molar-refractivity contribution in [2.75, 3.05) is 36.9 Å². The summed E-state index contributed by atoms with van der Waals surface area (Å²) in [7, 11) is 1.54. The van der Waals surface area contributed by atoms with Gasteiger partial charge in [0.25, 0.3) is 5.91 Å². The van der Waals surface area contributed by atoms with Crippen LogP contribution in [0.5, 0.6) is 0 Å². The van der Waals surface area contributed by atoms with Crippen LogP contribution >= 0.6 is 23.2 Å². The topological polar surface area (TPSA) is 134 Å². The number of nitrogens with one attached hydrogen (secondary N) is 1. The fourth-order valence-corrected chi connectivity index (χ4v) is 6.10. The van der Waals surface area contributed by atoms with Gasteiger partial charge in [-0.15, -0.1) is 0 Å². The molecule has 0 radical (unpaired) electrons. The molecule has 0 bridgehead atoms. The number of carbonyl (C=O) groups excluding carboxylic acids is 3. The van der Waals surface area contributed by atoms with Crippen LogP contribution < -0.4 is 10.2 Å². The van der Waals surface area contributed by atoms with Crippen molar-refractivity contribution < 1.29 is 24.3 Å². The molecule has 2 aliphatic rings. The van der Waals surface area contributed by atoms with Gasteiger partial charge in [-0.2, -0.15) is 5.26 Å². The number of nitriles is 1. The van der Waals surface area contributed by atoms with Crippen molar-refractivity contribution in [3.63, 3.8) is 0 Å². The van der Waals surface area contributed by atoms with E-state index < -0.39 is 35.3 Å². The second-order valence-corrected chi connectivity index (χ2v) is 10.8. The predicted molar refractivity (Wildman–Crippen MR) is 152 cm³/mol. The highest BCUT2D eigenvalue weighted by atomic mass is 35.5. The molecule has 41 heavy (non-hydrogen) atoms. The number of hydrogen-bond donors (Lipinski definition) is 2. The minimum atomic E-state index is -1.39. The van der Waals surface area contributed by atoms with Crippen LogP contribution in [0.15, 0.2) is 66.7 Å². The Hall–Kier alpha value is -4.43. The van der Waals surface area contributed by atoms with E-state index in [1.807, 2.05) is 0 Å². The molecule has 2 unspecified atom stereocenters. The summed E-state index contributed by atoms with van der Waals surface area (Å²) in [6, 6.07) is 18.7. The number of para-hydroxylation sites is 1. The van der Waals surface area contributed by atoms with Crippen LogP contribution in [0.1, 0.15) is 27.4 Å². The lowest BCUT2D eigenvalue weighted by Gasteiger charge is -2.34. The van der Waals surface area contributed by atoms with Crippen molar-refractivity contribution in [1.29, 1.82) is 5.26 Å². The highest BCUT2D eigenvalue weighted by Gasteiger charge is 2.64. The first-order valence-corrected chi connectivity index (χ1v) is 13.2. The highest BCUT2D eigenvalue weighted by molar-refractivity contribution is 6.35. The van der Waals surface area contributed by atoms with Crippen molar-refractivity contribution in [3.05, 3.63) is 93.5 Å². The number of amides is 4. The number of carboxylic acid groups (broad SMARTS) is 1. The number of aromatic carboxylic acids is 1. The largest absolute Gasteiger partial charge is 0.478 e. The zero-order chi connectivity index (χ0) is 29.5. The van der Waals surface area contributed by atoms with Crippen molar-refractivity contribution in [1.82, 2.24) is 9.80 Å². The molecule has 4 amide bonds. The van der Waals surface area contributed by atoms with Gasteiger partial charge in [-0.25, -0.2) is 14.5 Å². The highest BCUT2D eigenvalue weighted by Crippen LogP contribution is 2.46. The molecule has 2 fully saturated rings. The number of rotatable bonds is 6. The molecule has 208 valence electrons. The average Bonchev–Trinajstić information content (AvgIpc) is 3.39. The van der Waals surface area contributed by atoms with Gasteiger partial charge >= 0.3 is 12.0 Å². The lowest BCUT2D eigenvalue weighted by atomic mass is 9.80. The number of hydrogen-bond acceptors (Lipinski definition) is 6. The Balaban J connectivity index is 1.50. The van der Waals surface area contributed by atoms with Gasteiger partial charge in [0.15, 0.2) is 0 Å². The maximum atomic E-state index is 14.3. The van der Waals surface area contributed by atoms with Gasteiger partial charge in [0.1, 0.15) is 5.54 Å². The number of likely N-dealkylation sites (N-methyl/N-ethyl adjacent to an activating group) is 1. The zero-order valence-electron chi connectivity index (χ0n) is 21.7. The Morgan fingerprint density at radius 2 is 1.73 bits per heavy atom. The number of anilines is 2. The van der Waals surface area contributed by atoms with Gasteiger partial charge < -0.3 is 15.3 Å². The maximum absolute atomic E-state index is 14.3. The van der Waals surface area contributed by atoms with Crippen LogP contribution in [0, 0.1) is 11.3 Å². The molecule has 0 aliphatic carbocycles. The van der Waals surface area contributed by atoms with Gasteiger partial charge in [0.05, 0.1) is 35.1 Å². The summed E-state index contributed by atoms with van der Waals surface area (Å²) in [5.74, 6) is -2.72. The number of benzene rings is 3. The zero-order valence-corrected chi connectivity index (χ0v) is 23.2. The van der Waals surface area contributed by atoms with E-state index >= 15 is 0 Å². The third-order valence-corrected chi connectivity index (χ3v) is 7.91. The summed E-state index contributed by atoms with van der Waals surface area (Å²) in [5, 5.41) is 21.9. The van der Waals surface area contributed by atoms with Crippen LogP contribution in [-0.4, -0.2) is 70.9 Å². The number of nitrogens with zero attached hydrogens (tertiary/aromatic N) is 4. The van der Waals surface area contributed by atoms with E-state index in [2.05, 4.69) is 11.4 Å². The summed E-state index contributed by atoms with van der Waals surface area (Å²) >= 11 is 12.4. The van der Waals surface area contributed by atoms with E-state index in [-0.39, 0.29) is 46.6 Å². The van der Waals surface area contributed by atoms with Gasteiger partial charge in [0, 0.05) is 36.1 Å². The first-order chi connectivity index (χ1) is 19.5. The van der Waals surface area contributed by atoms with E-state index in [1.165, 1.54) is 42.3 Å². The minimum absolute atomic E-state index is 0.0253. The van der Waals surface area contributed by atoms with E-state index in [4.69, 9.17) is 23.2 Å². The van der Waals surface area contributed by atoms with E-state index in [9.17, 15) is 29.5 Å². The summed E-state index contributed by atoms with van der Waals surface area (Å²) in [5.41, 5.74) is 0.0752. The molecule has 2 N–H and O–H groups in total. The smallest absolute Gasteiger partial charge is 0.337 e. The molecular formula is C29H23Cl2N5O5. The van der Waals surface area contributed by atoms with Crippen LogP contribution in [0.4, 0.5) is 16.2 Å². The average molecular weight is 592 g/mol. The maximum Gasteiger partial charge on any atom is 0.337 e. The van der Waals surface area contributed by atoms with Crippen molar-refractivity contribution in [2.45, 2.75) is 11.5 Å². The summed E-state index contributed by atoms with van der Waals surface area (Å²) in [6.07, 6.45) is 0. The quantitative estimate of drug-likeness (QED) is 0.405. The molecule has 12 heteroatoms. The first-order valence-electron chi connectivity index (χ1n) is 12.5. The fraction of sp³-hybridized carbons (Fsp3) is 0.207. The van der Waals surface area contributed by atoms with Crippen LogP contribution in [0.3, 0.4) is 0 Å². The SMILES string of the molecule is CN1C(=O)N(c2cc(Cl)cc(Cl)c2)C(=O)C12CN(CC(=O)Nc1ccccc1C(=O)O)CC2c1ccc(C#N)cc1. The molecule has 10 nitrogen and oxygen atoms in total. The molecule has 2 aliphatic heterocycles. The lowest BCUT2D eigenvalue weighted by molar-refractivity contribution is -0.125. The second kappa shape index (κ2) is 10.9. The molecule has 0 saturated carbocycles. The summed E-state index contributed by atoms with van der Waals surface area (Å²) in [6.45, 7) is 0.0890. The van der Waals surface area contributed by atoms with Gasteiger partial charge in [0.2, 0.25) is 5.91 Å². The standard InChI is InChI=1S/C29H23Cl2N5O5/c1-34-28(41)36(21-11-19(30)10-20(31)12-21)27(40)29(34)16-35(14-23(29)18-8-6-17(13-32)7-9-18)15-25(37)33-24-5-3-2-4-22(24)26(38)39/h2-12,23H,14-16H2,1H3,(H,33,37)(H,38,39). The van der Waals surface area contributed by atoms with Crippen molar-refractivity contribution in [2.24, 2.45) is 0 Å². The number of imide groups is 1. The predicted octanol–water partition coefficient (Wildman–Crippen LogP) is 4.44. The second-order valence-electron chi connectivity index (χ2n) is 9.89. The number of halogens is 2. The third-order valence-electron chi connectivity index (χ3n) is 7.48. The molecule has 2 heterocycles. The number of likely N-dealkylation sites (tertiary alicyclic amines) is 1. The Morgan fingerprint density at radius 1 is 1.07 bits per heavy atom. The van der Waals surface area contributed by atoms with E-state index in [0.717, 1.165) is 4.90 Å². The van der Waals surface area contributed by atoms with Crippen LogP contribution in [-0.2, 0) is 9.59 Å². The third kappa shape index (κ3) is 5.00. The monoisotopic (exact) mass is 591 g/mol. The molecule has 3 aromatic carbocycles. The normalized spacial score (nSPS) is 20.5.